The van der Waals surface area contributed by atoms with Crippen molar-refractivity contribution in [1.29, 1.82) is 0 Å². The third-order valence-corrected chi connectivity index (χ3v) is 6.07. The van der Waals surface area contributed by atoms with Gasteiger partial charge in [-0.3, -0.25) is 9.69 Å². The van der Waals surface area contributed by atoms with Crippen LogP contribution in [0.2, 0.25) is 0 Å². The molecule has 3 unspecified atom stereocenters. The van der Waals surface area contributed by atoms with Gasteiger partial charge in [-0.1, -0.05) is 60.2 Å². The summed E-state index contributed by atoms with van der Waals surface area (Å²) in [5.41, 5.74) is 8.78. The van der Waals surface area contributed by atoms with Crippen molar-refractivity contribution in [3.8, 4) is 0 Å². The Hall–Kier alpha value is -2.63. The molecular formula is C25H31N3O2. The maximum Gasteiger partial charge on any atom is 0.320 e. The highest BCUT2D eigenvalue weighted by Gasteiger charge is 2.40. The molecule has 158 valence electrons. The van der Waals surface area contributed by atoms with E-state index in [0.717, 1.165) is 13.0 Å². The second kappa shape index (κ2) is 9.02. The number of aryl methyl sites for hydroxylation is 1. The average molecular weight is 406 g/mol. The van der Waals surface area contributed by atoms with Crippen LogP contribution in [0.5, 0.6) is 0 Å². The number of nitrogens with zero attached hydrogens (tertiary/aromatic N) is 2. The molecule has 0 saturated carbocycles. The summed E-state index contributed by atoms with van der Waals surface area (Å²) in [5.74, 6) is -0.155. The third kappa shape index (κ3) is 4.42. The van der Waals surface area contributed by atoms with Gasteiger partial charge in [0.2, 0.25) is 0 Å². The van der Waals surface area contributed by atoms with Crippen molar-refractivity contribution in [3.05, 3.63) is 83.1 Å². The van der Waals surface area contributed by atoms with Crippen molar-refractivity contribution in [2.45, 2.75) is 45.3 Å². The lowest BCUT2D eigenvalue weighted by atomic mass is 9.99. The zero-order valence-electron chi connectivity index (χ0n) is 18.0. The average Bonchev–Trinajstić information content (AvgIpc) is 3.19. The van der Waals surface area contributed by atoms with Crippen LogP contribution in [0, 0.1) is 6.92 Å². The number of fused-ring (bicyclic) bond motifs is 1. The van der Waals surface area contributed by atoms with E-state index in [-0.39, 0.29) is 24.1 Å². The predicted octanol–water partition coefficient (Wildman–Crippen LogP) is 3.62. The van der Waals surface area contributed by atoms with Crippen LogP contribution in [0.25, 0.3) is 0 Å². The van der Waals surface area contributed by atoms with Gasteiger partial charge in [0, 0.05) is 18.3 Å². The molecule has 0 radical (unpaired) electrons. The van der Waals surface area contributed by atoms with Gasteiger partial charge in [-0.05, 0) is 44.4 Å². The van der Waals surface area contributed by atoms with Gasteiger partial charge in [-0.15, -0.1) is 0 Å². The second-order valence-electron chi connectivity index (χ2n) is 8.23. The van der Waals surface area contributed by atoms with Gasteiger partial charge in [-0.2, -0.15) is 0 Å². The molecule has 30 heavy (non-hydrogen) atoms. The Kier molecular flexibility index (Phi) is 6.21. The molecule has 2 aromatic carbocycles. The van der Waals surface area contributed by atoms with Gasteiger partial charge >= 0.3 is 5.97 Å². The van der Waals surface area contributed by atoms with Crippen LogP contribution in [-0.4, -0.2) is 47.7 Å². The Balaban J connectivity index is 1.60. The number of carbonyl (C=O) groups is 1. The highest BCUT2D eigenvalue weighted by Crippen LogP contribution is 2.34. The zero-order valence-corrected chi connectivity index (χ0v) is 18.0. The number of nitrogens with one attached hydrogen (secondary N) is 1. The molecule has 4 rings (SSSR count). The number of hydrazine groups is 1. The number of esters is 1. The number of carbonyl (C=O) groups excluding carboxylic acids is 1. The molecule has 2 aliphatic heterocycles. The first-order chi connectivity index (χ1) is 14.5. The number of piperazine rings is 1. The molecule has 3 atom stereocenters. The van der Waals surface area contributed by atoms with Gasteiger partial charge in [-0.25, -0.2) is 5.43 Å². The highest BCUT2D eigenvalue weighted by molar-refractivity contribution is 5.71. The summed E-state index contributed by atoms with van der Waals surface area (Å²) in [5, 5.41) is 2.34. The molecule has 5 nitrogen and oxygen atoms in total. The molecule has 2 aromatic rings. The molecule has 0 spiro atoms. The summed E-state index contributed by atoms with van der Waals surface area (Å²) in [6.45, 7) is 7.68. The fourth-order valence-corrected chi connectivity index (χ4v) is 4.43. The molecule has 1 saturated heterocycles. The van der Waals surface area contributed by atoms with Crippen molar-refractivity contribution in [1.82, 2.24) is 15.3 Å². The molecule has 0 aliphatic carbocycles. The summed E-state index contributed by atoms with van der Waals surface area (Å²) < 4.78 is 5.23. The molecular weight excluding hydrogens is 374 g/mol. The summed E-state index contributed by atoms with van der Waals surface area (Å²) in [7, 11) is 0. The fraction of sp³-hybridized carbons (Fsp3) is 0.400. The smallest absolute Gasteiger partial charge is 0.320 e. The van der Waals surface area contributed by atoms with Gasteiger partial charge in [0.15, 0.2) is 0 Å². The van der Waals surface area contributed by atoms with E-state index in [9.17, 15) is 4.79 Å². The first kappa shape index (κ1) is 20.6. The van der Waals surface area contributed by atoms with Crippen molar-refractivity contribution in [2.75, 3.05) is 19.7 Å². The van der Waals surface area contributed by atoms with E-state index >= 15 is 0 Å². The number of ether oxygens (including phenoxy) is 1. The number of hydrogen-bond acceptors (Lipinski definition) is 5. The fourth-order valence-electron chi connectivity index (χ4n) is 4.43. The molecule has 0 aromatic heterocycles. The second-order valence-corrected chi connectivity index (χ2v) is 8.23. The molecule has 5 heteroatoms. The van der Waals surface area contributed by atoms with Crippen LogP contribution in [0.4, 0.5) is 0 Å². The lowest BCUT2D eigenvalue weighted by Gasteiger charge is -2.45. The molecule has 2 aliphatic rings. The van der Waals surface area contributed by atoms with Gasteiger partial charge in [0.25, 0.3) is 0 Å². The molecule has 0 amide bonds. The molecule has 1 fully saturated rings. The minimum Gasteiger partial charge on any atom is -0.465 e. The Morgan fingerprint density at radius 1 is 1.13 bits per heavy atom. The van der Waals surface area contributed by atoms with E-state index in [1.807, 2.05) is 13.0 Å². The van der Waals surface area contributed by atoms with Crippen LogP contribution in [0.3, 0.4) is 0 Å². The zero-order chi connectivity index (χ0) is 21.1. The Morgan fingerprint density at radius 3 is 2.57 bits per heavy atom. The summed E-state index contributed by atoms with van der Waals surface area (Å²) >= 11 is 0. The van der Waals surface area contributed by atoms with Crippen LogP contribution in [0.1, 0.15) is 36.6 Å². The van der Waals surface area contributed by atoms with Gasteiger partial charge < -0.3 is 9.75 Å². The monoisotopic (exact) mass is 405 g/mol. The normalized spacial score (nSPS) is 23.8. The van der Waals surface area contributed by atoms with Crippen molar-refractivity contribution < 1.29 is 9.53 Å². The lowest BCUT2D eigenvalue weighted by molar-refractivity contribution is -0.145. The maximum atomic E-state index is 12.2. The van der Waals surface area contributed by atoms with E-state index in [4.69, 9.17) is 4.74 Å². The van der Waals surface area contributed by atoms with Gasteiger partial charge in [0.05, 0.1) is 25.2 Å². The number of rotatable bonds is 6. The van der Waals surface area contributed by atoms with Crippen LogP contribution in [-0.2, 0) is 16.0 Å². The Morgan fingerprint density at radius 2 is 1.87 bits per heavy atom. The third-order valence-electron chi connectivity index (χ3n) is 6.07. The topological polar surface area (TPSA) is 44.8 Å². The Labute approximate surface area is 179 Å². The molecule has 0 bridgehead atoms. The summed E-state index contributed by atoms with van der Waals surface area (Å²) in [6.07, 6.45) is 3.22. The summed E-state index contributed by atoms with van der Waals surface area (Å²) in [4.78, 5) is 14.5. The number of hydrogen-bond donors (Lipinski definition) is 1. The van der Waals surface area contributed by atoms with Crippen molar-refractivity contribution in [2.24, 2.45) is 0 Å². The molecule has 2 heterocycles. The maximum absolute atomic E-state index is 12.2. The SMILES string of the molecule is CCOC(=O)CN1CC(Cc2ccccc2)N2NC(c3ccc(C)cc3)C=C2C1C. The van der Waals surface area contributed by atoms with E-state index < -0.39 is 0 Å². The van der Waals surface area contributed by atoms with E-state index in [1.54, 1.807) is 0 Å². The highest BCUT2D eigenvalue weighted by atomic mass is 16.5. The van der Waals surface area contributed by atoms with Crippen LogP contribution >= 0.6 is 0 Å². The van der Waals surface area contributed by atoms with E-state index in [0.29, 0.717) is 13.2 Å². The van der Waals surface area contributed by atoms with Crippen LogP contribution < -0.4 is 5.43 Å². The van der Waals surface area contributed by atoms with E-state index in [1.165, 1.54) is 22.4 Å². The van der Waals surface area contributed by atoms with Crippen molar-refractivity contribution in [3.63, 3.8) is 0 Å². The van der Waals surface area contributed by atoms with Crippen LogP contribution in [0.15, 0.2) is 66.4 Å². The quantitative estimate of drug-likeness (QED) is 0.744. The predicted molar refractivity (Wildman–Crippen MR) is 119 cm³/mol. The largest absolute Gasteiger partial charge is 0.465 e. The first-order valence-corrected chi connectivity index (χ1v) is 10.8. The van der Waals surface area contributed by atoms with E-state index in [2.05, 4.69) is 83.8 Å². The lowest BCUT2D eigenvalue weighted by Crippen LogP contribution is -2.59. The Bertz CT molecular complexity index is 894. The minimum absolute atomic E-state index is 0.142. The standard InChI is InChI=1S/C25H31N3O2/c1-4-30-25(29)17-27-16-22(14-20-8-6-5-7-9-20)28-24(19(27)3)15-23(26-28)21-12-10-18(2)11-13-21/h5-13,15,19,22-23,26H,4,14,16-17H2,1-3H3. The number of benzene rings is 2. The minimum atomic E-state index is -0.155. The van der Waals surface area contributed by atoms with Gasteiger partial charge in [0.1, 0.15) is 0 Å². The summed E-state index contributed by atoms with van der Waals surface area (Å²) in [6, 6.07) is 19.8. The molecule has 1 N–H and O–H groups in total. The van der Waals surface area contributed by atoms with Crippen molar-refractivity contribution >= 4 is 5.97 Å². The first-order valence-electron chi connectivity index (χ1n) is 10.8.